The van der Waals surface area contributed by atoms with E-state index >= 15 is 0 Å². The first-order chi connectivity index (χ1) is 14.7. The molecule has 9 heteroatoms. The molecule has 1 aliphatic carbocycles. The third-order valence-corrected chi connectivity index (χ3v) is 8.50. The molecule has 172 valence electrons. The number of hydrogen-bond acceptors (Lipinski definition) is 5. The molecule has 31 heavy (non-hydrogen) atoms. The van der Waals surface area contributed by atoms with Crippen LogP contribution in [0.15, 0.2) is 29.2 Å². The topological polar surface area (TPSA) is 92.8 Å². The molecule has 0 aromatic heterocycles. The van der Waals surface area contributed by atoms with E-state index in [2.05, 4.69) is 12.2 Å². The van der Waals surface area contributed by atoms with E-state index in [1.54, 1.807) is 19.1 Å². The molecule has 7 nitrogen and oxygen atoms in total. The Bertz CT molecular complexity index is 882. The van der Waals surface area contributed by atoms with Crippen molar-refractivity contribution in [2.75, 3.05) is 13.1 Å². The van der Waals surface area contributed by atoms with Gasteiger partial charge in [0.2, 0.25) is 10.0 Å². The Labute approximate surface area is 189 Å². The fraction of sp³-hybridized carbons (Fsp3) is 0.636. The summed E-state index contributed by atoms with van der Waals surface area (Å²) in [6.45, 7) is 4.17. The van der Waals surface area contributed by atoms with Crippen LogP contribution >= 0.6 is 11.6 Å². The van der Waals surface area contributed by atoms with Crippen molar-refractivity contribution in [3.8, 4) is 0 Å². The number of benzene rings is 1. The quantitative estimate of drug-likeness (QED) is 0.643. The Morgan fingerprint density at radius 3 is 2.32 bits per heavy atom. The van der Waals surface area contributed by atoms with Crippen molar-refractivity contribution in [1.82, 2.24) is 9.62 Å². The molecule has 1 saturated carbocycles. The summed E-state index contributed by atoms with van der Waals surface area (Å²) in [5.41, 5.74) is 0. The van der Waals surface area contributed by atoms with E-state index in [9.17, 15) is 18.0 Å². The number of carbonyl (C=O) groups excluding carboxylic acids is 2. The highest BCUT2D eigenvalue weighted by Crippen LogP contribution is 2.26. The molecule has 2 aliphatic rings. The van der Waals surface area contributed by atoms with Crippen LogP contribution in [0.25, 0.3) is 0 Å². The minimum atomic E-state index is -3.63. The minimum absolute atomic E-state index is 0.128. The lowest BCUT2D eigenvalue weighted by atomic mass is 9.86. The fourth-order valence-electron chi connectivity index (χ4n) is 4.24. The van der Waals surface area contributed by atoms with Crippen molar-refractivity contribution >= 4 is 33.5 Å². The van der Waals surface area contributed by atoms with Crippen molar-refractivity contribution in [2.24, 2.45) is 11.8 Å². The molecular weight excluding hydrogens is 440 g/mol. The van der Waals surface area contributed by atoms with Gasteiger partial charge in [-0.15, -0.1) is 0 Å². The van der Waals surface area contributed by atoms with Crippen molar-refractivity contribution < 1.29 is 22.7 Å². The van der Waals surface area contributed by atoms with Crippen LogP contribution in [0.2, 0.25) is 5.02 Å². The minimum Gasteiger partial charge on any atom is -0.452 e. The number of piperidine rings is 1. The van der Waals surface area contributed by atoms with E-state index in [1.807, 2.05) is 0 Å². The van der Waals surface area contributed by atoms with Crippen molar-refractivity contribution in [3.05, 3.63) is 29.3 Å². The highest BCUT2D eigenvalue weighted by atomic mass is 35.5. The van der Waals surface area contributed by atoms with E-state index in [0.29, 0.717) is 23.8 Å². The molecule has 3 atom stereocenters. The maximum absolute atomic E-state index is 12.8. The summed E-state index contributed by atoms with van der Waals surface area (Å²) in [6.07, 6.45) is 4.19. The number of nitrogens with one attached hydrogen (secondary N) is 1. The van der Waals surface area contributed by atoms with Crippen LogP contribution in [0.5, 0.6) is 0 Å². The standard InChI is InChI=1S/C22H31ClN2O5S/c1-15-5-3-4-6-20(15)24-21(26)16(2)30-22(27)17-11-13-25(14-12-17)31(28,29)19-9-7-18(23)8-10-19/h7-10,15-17,20H,3-6,11-14H2,1-2H3,(H,24,26)/t15-,16-,20+/m1/s1. The predicted molar refractivity (Wildman–Crippen MR) is 118 cm³/mol. The lowest BCUT2D eigenvalue weighted by Gasteiger charge is -2.32. The number of ether oxygens (including phenoxy) is 1. The highest BCUT2D eigenvalue weighted by Gasteiger charge is 2.34. The Morgan fingerprint density at radius 2 is 1.71 bits per heavy atom. The first-order valence-electron chi connectivity index (χ1n) is 10.9. The van der Waals surface area contributed by atoms with Gasteiger partial charge >= 0.3 is 5.97 Å². The monoisotopic (exact) mass is 470 g/mol. The second-order valence-corrected chi connectivity index (χ2v) is 11.0. The summed E-state index contributed by atoms with van der Waals surface area (Å²) in [6, 6.07) is 6.17. The van der Waals surface area contributed by atoms with Crippen LogP contribution < -0.4 is 5.32 Å². The van der Waals surface area contributed by atoms with Gasteiger partial charge in [0.25, 0.3) is 5.91 Å². The van der Waals surface area contributed by atoms with Crippen molar-refractivity contribution in [3.63, 3.8) is 0 Å². The molecule has 0 bridgehead atoms. The molecular formula is C22H31ClN2O5S. The lowest BCUT2D eigenvalue weighted by molar-refractivity contribution is -0.160. The molecule has 1 aliphatic heterocycles. The zero-order valence-corrected chi connectivity index (χ0v) is 19.6. The zero-order valence-electron chi connectivity index (χ0n) is 18.1. The summed E-state index contributed by atoms with van der Waals surface area (Å²) in [7, 11) is -3.63. The van der Waals surface area contributed by atoms with Crippen molar-refractivity contribution in [1.29, 1.82) is 0 Å². The maximum Gasteiger partial charge on any atom is 0.309 e. The average molecular weight is 471 g/mol. The van der Waals surface area contributed by atoms with Gasteiger partial charge in [0, 0.05) is 24.2 Å². The third kappa shape index (κ3) is 5.99. The van der Waals surface area contributed by atoms with Crippen LogP contribution in [-0.4, -0.2) is 49.8 Å². The molecule has 3 rings (SSSR count). The van der Waals surface area contributed by atoms with Gasteiger partial charge < -0.3 is 10.1 Å². The predicted octanol–water partition coefficient (Wildman–Crippen LogP) is 3.37. The summed E-state index contributed by atoms with van der Waals surface area (Å²) < 4.78 is 32.3. The SMILES string of the molecule is C[C@@H]1CCCC[C@@H]1NC(=O)[C@@H](C)OC(=O)C1CCN(S(=O)(=O)c2ccc(Cl)cc2)CC1. The molecule has 1 saturated heterocycles. The maximum atomic E-state index is 12.8. The highest BCUT2D eigenvalue weighted by molar-refractivity contribution is 7.89. The molecule has 1 aromatic rings. The molecule has 1 aromatic carbocycles. The molecule has 1 amide bonds. The van der Waals surface area contributed by atoms with E-state index in [-0.39, 0.29) is 29.9 Å². The van der Waals surface area contributed by atoms with Crippen LogP contribution in [-0.2, 0) is 24.3 Å². The smallest absolute Gasteiger partial charge is 0.309 e. The molecule has 2 fully saturated rings. The van der Waals surface area contributed by atoms with E-state index in [4.69, 9.17) is 16.3 Å². The summed E-state index contributed by atoms with van der Waals surface area (Å²) in [5.74, 6) is -0.703. The summed E-state index contributed by atoms with van der Waals surface area (Å²) in [4.78, 5) is 25.2. The van der Waals surface area contributed by atoms with Crippen LogP contribution in [0.3, 0.4) is 0 Å². The number of halogens is 1. The van der Waals surface area contributed by atoms with Gasteiger partial charge in [0.05, 0.1) is 10.8 Å². The Kier molecular flexibility index (Phi) is 7.99. The van der Waals surface area contributed by atoms with E-state index in [1.165, 1.54) is 22.9 Å². The molecule has 0 unspecified atom stereocenters. The molecule has 1 N–H and O–H groups in total. The molecule has 0 radical (unpaired) electrons. The number of carbonyl (C=O) groups is 2. The second-order valence-electron chi connectivity index (χ2n) is 8.59. The number of hydrogen-bond donors (Lipinski definition) is 1. The number of amides is 1. The van der Waals surface area contributed by atoms with Crippen molar-refractivity contribution in [2.45, 2.75) is 69.4 Å². The average Bonchev–Trinajstić information content (AvgIpc) is 2.75. The van der Waals surface area contributed by atoms with Crippen LogP contribution in [0, 0.1) is 11.8 Å². The first-order valence-corrected chi connectivity index (χ1v) is 12.8. The van der Waals surface area contributed by atoms with Gasteiger partial charge in [0.15, 0.2) is 6.10 Å². The van der Waals surface area contributed by atoms with Gasteiger partial charge in [-0.3, -0.25) is 9.59 Å². The van der Waals surface area contributed by atoms with Gasteiger partial charge in [0.1, 0.15) is 0 Å². The van der Waals surface area contributed by atoms with Gasteiger partial charge in [-0.1, -0.05) is 31.4 Å². The van der Waals surface area contributed by atoms with Gasteiger partial charge in [-0.2, -0.15) is 4.31 Å². The van der Waals surface area contributed by atoms with Crippen LogP contribution in [0.4, 0.5) is 0 Å². The normalized spacial score (nSPS) is 24.4. The van der Waals surface area contributed by atoms with Gasteiger partial charge in [-0.25, -0.2) is 8.42 Å². The Balaban J connectivity index is 1.49. The fourth-order valence-corrected chi connectivity index (χ4v) is 5.84. The number of esters is 1. The third-order valence-electron chi connectivity index (χ3n) is 6.34. The van der Waals surface area contributed by atoms with Crippen LogP contribution in [0.1, 0.15) is 52.4 Å². The van der Waals surface area contributed by atoms with E-state index in [0.717, 1.165) is 19.3 Å². The summed E-state index contributed by atoms with van der Waals surface area (Å²) in [5, 5.41) is 3.48. The first kappa shape index (κ1) is 24.0. The number of sulfonamides is 1. The molecule has 0 spiro atoms. The lowest BCUT2D eigenvalue weighted by Crippen LogP contribution is -2.47. The Morgan fingerprint density at radius 1 is 1.10 bits per heavy atom. The zero-order chi connectivity index (χ0) is 22.6. The second kappa shape index (κ2) is 10.3. The Hall–Kier alpha value is -1.64. The largest absolute Gasteiger partial charge is 0.452 e. The summed E-state index contributed by atoms with van der Waals surface area (Å²) >= 11 is 5.84. The number of nitrogens with zero attached hydrogens (tertiary/aromatic N) is 1. The van der Waals surface area contributed by atoms with E-state index < -0.39 is 28.0 Å². The van der Waals surface area contributed by atoms with Gasteiger partial charge in [-0.05, 0) is 62.8 Å². The molecule has 1 heterocycles. The number of rotatable bonds is 6.